The molecule has 1 aromatic carbocycles. The molecule has 2 fully saturated rings. The standard InChI is InChI=1S/C14H16N2O3S/c17-20(18,11-5-6-11)14-15-12-3-1-2-4-13(12)16(14)9-10-7-8-19-10/h1-4,10-11H,5-9H2. The van der Waals surface area contributed by atoms with Crippen LogP contribution in [-0.4, -0.2) is 35.9 Å². The van der Waals surface area contributed by atoms with Crippen molar-refractivity contribution in [2.24, 2.45) is 0 Å². The Hall–Kier alpha value is -1.40. The number of imidazole rings is 1. The minimum atomic E-state index is -3.29. The molecule has 0 spiro atoms. The first-order valence-electron chi connectivity index (χ1n) is 6.97. The number of fused-ring (bicyclic) bond motifs is 1. The molecule has 2 heterocycles. The van der Waals surface area contributed by atoms with Gasteiger partial charge >= 0.3 is 0 Å². The van der Waals surface area contributed by atoms with E-state index in [1.54, 1.807) is 0 Å². The number of nitrogens with zero attached hydrogens (tertiary/aromatic N) is 2. The van der Waals surface area contributed by atoms with Crippen molar-refractivity contribution < 1.29 is 13.2 Å². The Morgan fingerprint density at radius 2 is 2.00 bits per heavy atom. The molecule has 1 atom stereocenters. The van der Waals surface area contributed by atoms with Crippen LogP contribution in [0.4, 0.5) is 0 Å². The lowest BCUT2D eigenvalue weighted by atomic mass is 10.2. The fourth-order valence-corrected chi connectivity index (χ4v) is 4.37. The number of benzene rings is 1. The van der Waals surface area contributed by atoms with Crippen molar-refractivity contribution in [3.63, 3.8) is 0 Å². The van der Waals surface area contributed by atoms with Gasteiger partial charge in [0.25, 0.3) is 0 Å². The highest BCUT2D eigenvalue weighted by Gasteiger charge is 2.40. The Balaban J connectivity index is 1.87. The van der Waals surface area contributed by atoms with E-state index in [-0.39, 0.29) is 16.5 Å². The van der Waals surface area contributed by atoms with Crippen LogP contribution in [-0.2, 0) is 21.1 Å². The van der Waals surface area contributed by atoms with E-state index in [0.29, 0.717) is 6.54 Å². The number of ether oxygens (including phenoxy) is 1. The van der Waals surface area contributed by atoms with Gasteiger partial charge in [-0.3, -0.25) is 0 Å². The van der Waals surface area contributed by atoms with Crippen LogP contribution < -0.4 is 0 Å². The fourth-order valence-electron chi connectivity index (χ4n) is 2.61. The molecule has 4 rings (SSSR count). The third-order valence-electron chi connectivity index (χ3n) is 4.02. The lowest BCUT2D eigenvalue weighted by molar-refractivity contribution is -0.0598. The Bertz CT molecular complexity index is 758. The normalized spacial score (nSPS) is 22.9. The van der Waals surface area contributed by atoms with Gasteiger partial charge in [0.1, 0.15) is 0 Å². The van der Waals surface area contributed by atoms with Gasteiger partial charge in [0.05, 0.1) is 28.9 Å². The molecular formula is C14H16N2O3S. The number of sulfone groups is 1. The van der Waals surface area contributed by atoms with Crippen LogP contribution >= 0.6 is 0 Å². The highest BCUT2D eigenvalue weighted by molar-refractivity contribution is 7.92. The maximum Gasteiger partial charge on any atom is 0.229 e. The van der Waals surface area contributed by atoms with Crippen LogP contribution in [0.15, 0.2) is 29.4 Å². The average molecular weight is 292 g/mol. The third-order valence-corrected chi connectivity index (χ3v) is 6.19. The molecule has 1 unspecified atom stereocenters. The lowest BCUT2D eigenvalue weighted by Gasteiger charge is -2.27. The Labute approximate surface area is 117 Å². The maximum absolute atomic E-state index is 12.5. The van der Waals surface area contributed by atoms with E-state index < -0.39 is 9.84 Å². The van der Waals surface area contributed by atoms with Gasteiger partial charge < -0.3 is 9.30 Å². The zero-order valence-corrected chi connectivity index (χ0v) is 11.8. The fraction of sp³-hybridized carbons (Fsp3) is 0.500. The van der Waals surface area contributed by atoms with Gasteiger partial charge in [0.15, 0.2) is 0 Å². The number of hydrogen-bond acceptors (Lipinski definition) is 4. The summed E-state index contributed by atoms with van der Waals surface area (Å²) in [6.07, 6.45) is 2.60. The summed E-state index contributed by atoms with van der Waals surface area (Å²) in [4.78, 5) is 4.38. The molecule has 0 N–H and O–H groups in total. The van der Waals surface area contributed by atoms with Gasteiger partial charge in [-0.15, -0.1) is 0 Å². The SMILES string of the molecule is O=S(=O)(c1nc2ccccc2n1CC1CCO1)C1CC1. The Morgan fingerprint density at radius 1 is 1.25 bits per heavy atom. The average Bonchev–Trinajstić information content (AvgIpc) is 3.17. The quantitative estimate of drug-likeness (QED) is 0.861. The van der Waals surface area contributed by atoms with E-state index >= 15 is 0 Å². The first-order valence-corrected chi connectivity index (χ1v) is 8.51. The predicted molar refractivity (Wildman–Crippen MR) is 74.3 cm³/mol. The topological polar surface area (TPSA) is 61.2 Å². The largest absolute Gasteiger partial charge is 0.376 e. The lowest BCUT2D eigenvalue weighted by Crippen LogP contribution is -2.32. The van der Waals surface area contributed by atoms with Gasteiger partial charge in [-0.1, -0.05) is 12.1 Å². The van der Waals surface area contributed by atoms with E-state index in [1.807, 2.05) is 28.8 Å². The van der Waals surface area contributed by atoms with E-state index in [4.69, 9.17) is 4.74 Å². The molecule has 5 nitrogen and oxygen atoms in total. The number of aromatic nitrogens is 2. The number of rotatable bonds is 4. The molecule has 1 saturated carbocycles. The minimum absolute atomic E-state index is 0.112. The van der Waals surface area contributed by atoms with Gasteiger partial charge in [0.2, 0.25) is 15.0 Å². The predicted octanol–water partition coefficient (Wildman–Crippen LogP) is 1.76. The zero-order valence-electron chi connectivity index (χ0n) is 11.0. The van der Waals surface area contributed by atoms with Crippen molar-refractivity contribution in [3.05, 3.63) is 24.3 Å². The van der Waals surface area contributed by atoms with E-state index in [0.717, 1.165) is 36.9 Å². The van der Waals surface area contributed by atoms with Crippen molar-refractivity contribution in [1.82, 2.24) is 9.55 Å². The smallest absolute Gasteiger partial charge is 0.229 e. The summed E-state index contributed by atoms with van der Waals surface area (Å²) in [5.41, 5.74) is 1.62. The molecule has 1 aliphatic carbocycles. The molecule has 1 saturated heterocycles. The van der Waals surface area contributed by atoms with Crippen molar-refractivity contribution in [3.8, 4) is 0 Å². The van der Waals surface area contributed by atoms with Crippen molar-refractivity contribution in [2.75, 3.05) is 6.61 Å². The summed E-state index contributed by atoms with van der Waals surface area (Å²) in [6, 6.07) is 7.58. The minimum Gasteiger partial charge on any atom is -0.376 e. The first-order chi connectivity index (χ1) is 9.66. The summed E-state index contributed by atoms with van der Waals surface area (Å²) >= 11 is 0. The highest BCUT2D eigenvalue weighted by atomic mass is 32.2. The van der Waals surface area contributed by atoms with E-state index in [2.05, 4.69) is 4.98 Å². The first kappa shape index (κ1) is 12.3. The molecular weight excluding hydrogens is 276 g/mol. The van der Waals surface area contributed by atoms with Gasteiger partial charge in [0, 0.05) is 6.61 Å². The molecule has 0 radical (unpaired) electrons. The molecule has 1 aliphatic heterocycles. The van der Waals surface area contributed by atoms with Gasteiger partial charge in [-0.2, -0.15) is 0 Å². The Kier molecular flexibility index (Phi) is 2.65. The highest BCUT2D eigenvalue weighted by Crippen LogP contribution is 2.34. The summed E-state index contributed by atoms with van der Waals surface area (Å²) in [7, 11) is -3.29. The molecule has 1 aromatic heterocycles. The summed E-state index contributed by atoms with van der Waals surface area (Å²) in [5.74, 6) is 0. The van der Waals surface area contributed by atoms with E-state index in [1.165, 1.54) is 0 Å². The molecule has 106 valence electrons. The van der Waals surface area contributed by atoms with Gasteiger partial charge in [-0.05, 0) is 31.4 Å². The zero-order chi connectivity index (χ0) is 13.7. The molecule has 0 amide bonds. The number of hydrogen-bond donors (Lipinski definition) is 0. The second-order valence-electron chi connectivity index (χ2n) is 5.52. The van der Waals surface area contributed by atoms with Crippen LogP contribution in [0.5, 0.6) is 0 Å². The summed E-state index contributed by atoms with van der Waals surface area (Å²) in [6.45, 7) is 1.34. The molecule has 20 heavy (non-hydrogen) atoms. The van der Waals surface area contributed by atoms with Crippen LogP contribution in [0, 0.1) is 0 Å². The third kappa shape index (κ3) is 1.86. The second kappa shape index (κ2) is 4.30. The van der Waals surface area contributed by atoms with Crippen LogP contribution in [0.3, 0.4) is 0 Å². The van der Waals surface area contributed by atoms with Crippen molar-refractivity contribution >= 4 is 20.9 Å². The van der Waals surface area contributed by atoms with Crippen molar-refractivity contribution in [1.29, 1.82) is 0 Å². The van der Waals surface area contributed by atoms with Crippen molar-refractivity contribution in [2.45, 2.75) is 42.3 Å². The summed E-state index contributed by atoms with van der Waals surface area (Å²) in [5, 5.41) is -0.0166. The Morgan fingerprint density at radius 3 is 2.65 bits per heavy atom. The van der Waals surface area contributed by atoms with Crippen LogP contribution in [0.1, 0.15) is 19.3 Å². The maximum atomic E-state index is 12.5. The molecule has 2 aliphatic rings. The molecule has 6 heteroatoms. The summed E-state index contributed by atoms with van der Waals surface area (Å²) < 4.78 is 32.4. The molecule has 0 bridgehead atoms. The van der Waals surface area contributed by atoms with Crippen LogP contribution in [0.25, 0.3) is 11.0 Å². The van der Waals surface area contributed by atoms with Gasteiger partial charge in [-0.25, -0.2) is 13.4 Å². The molecule has 2 aromatic rings. The number of para-hydroxylation sites is 2. The monoisotopic (exact) mass is 292 g/mol. The van der Waals surface area contributed by atoms with Crippen LogP contribution in [0.2, 0.25) is 0 Å². The van der Waals surface area contributed by atoms with E-state index in [9.17, 15) is 8.42 Å². The second-order valence-corrected chi connectivity index (χ2v) is 7.64.